The Labute approximate surface area is 323 Å². The predicted octanol–water partition coefficient (Wildman–Crippen LogP) is 11.5. The van der Waals surface area contributed by atoms with Gasteiger partial charge in [-0.05, 0) is 84.0 Å². The van der Waals surface area contributed by atoms with Crippen LogP contribution in [0.2, 0.25) is 77.6 Å². The number of hydrogen-bond donors (Lipinski definition) is 0. The average Bonchev–Trinajstić information content (AvgIpc) is 2.91. The van der Waals surface area contributed by atoms with Gasteiger partial charge in [0, 0.05) is 53.8 Å². The minimum absolute atomic E-state index is 0. The van der Waals surface area contributed by atoms with Gasteiger partial charge < -0.3 is 21.2 Å². The predicted molar refractivity (Wildman–Crippen MR) is 201 cm³/mol. The van der Waals surface area contributed by atoms with E-state index in [0.717, 1.165) is 24.9 Å². The Morgan fingerprint density at radius 1 is 0.636 bits per heavy atom. The van der Waals surface area contributed by atoms with Crippen molar-refractivity contribution in [2.75, 3.05) is 0 Å². The number of carbonyl (C=O) groups is 2. The summed E-state index contributed by atoms with van der Waals surface area (Å²) >= 11 is 0. The molecular weight excluding hydrogens is 885 g/mol. The molecule has 271 valence electrons. The van der Waals surface area contributed by atoms with Gasteiger partial charge >= 0.3 is 37.6 Å². The average molecular weight is 966 g/mol. The molecule has 1 aliphatic heterocycles. The molecule has 0 amide bonds. The van der Waals surface area contributed by atoms with Crippen molar-refractivity contribution in [2.45, 2.75) is 181 Å². The fourth-order valence-corrected chi connectivity index (χ4v) is 28.8. The van der Waals surface area contributed by atoms with E-state index in [-0.39, 0.29) is 118 Å². The molecule has 3 unspecified atom stereocenters. The number of unbranched alkanes of at least 4 members (excludes halogenated alkanes) is 3. The first-order valence-electron chi connectivity index (χ1n) is 13.3. The van der Waals surface area contributed by atoms with Crippen LogP contribution in [0.4, 0.5) is 0 Å². The van der Waals surface area contributed by atoms with E-state index < -0.39 is 54.3 Å². The molecule has 14 heteroatoms. The van der Waals surface area contributed by atoms with Crippen molar-refractivity contribution in [1.82, 2.24) is 0 Å². The first-order chi connectivity index (χ1) is 15.8. The van der Waals surface area contributed by atoms with Crippen LogP contribution in [0.5, 0.6) is 0 Å². The van der Waals surface area contributed by atoms with Crippen LogP contribution < -0.4 is 0 Å². The van der Waals surface area contributed by atoms with Gasteiger partial charge in [-0.2, -0.15) is 0 Å². The molecule has 0 aromatic rings. The molecule has 1 heterocycles. The van der Waals surface area contributed by atoms with Crippen molar-refractivity contribution in [2.24, 2.45) is 5.92 Å². The van der Waals surface area contributed by atoms with Gasteiger partial charge in [-0.1, -0.05) is 91.0 Å². The zero-order valence-electron chi connectivity index (χ0n) is 25.3. The zero-order valence-corrected chi connectivity index (χ0v) is 36.1. The summed E-state index contributed by atoms with van der Waals surface area (Å²) in [6.07, 6.45) is 6.26. The molecular formula is C30H80O7Si5WY. The van der Waals surface area contributed by atoms with Gasteiger partial charge in [0.05, 0.1) is 12.3 Å². The second-order valence-corrected chi connectivity index (χ2v) is 32.7. The standard InChI is InChI=1S/C23H52O7Si5.7CH4.W.Y/c1-12-13-14-15-18-34(10,28-32(5,6)7)30-35(11,29-33(8,9)27-31(2,3)4)19-16-17-21-20-22(24)26-23(21)25;;;;;;;;;/h21H,12-20H2,1-11H3;7*1H4;;. The third kappa shape index (κ3) is 30.0. The Kier molecular flexibility index (Phi) is 44.3. The van der Waals surface area contributed by atoms with E-state index in [1.165, 1.54) is 19.3 Å². The third-order valence-electron chi connectivity index (χ3n) is 5.60. The first-order valence-corrected chi connectivity index (χ1v) is 28.0. The summed E-state index contributed by atoms with van der Waals surface area (Å²) in [5, 5.41) is 0. The molecule has 7 nitrogen and oxygen atoms in total. The molecule has 0 bridgehead atoms. The second kappa shape index (κ2) is 28.7. The number of cyclic esters (lactones) is 2. The SMILES string of the molecule is C.C.C.C.C.C.C.CCCCCC[Si](C)(O[Si](C)(C)C)O[Si](C)(CCCC1CC(=O)OC1=O)O[Si](C)(C)O[Si](C)(C)C.[W].[Y]. The Morgan fingerprint density at radius 2 is 1.07 bits per heavy atom. The van der Waals surface area contributed by atoms with E-state index in [4.69, 9.17) is 21.2 Å². The van der Waals surface area contributed by atoms with Gasteiger partial charge in [-0.25, -0.2) is 0 Å². The summed E-state index contributed by atoms with van der Waals surface area (Å²) in [6, 6.07) is 1.70. The molecule has 0 aromatic heterocycles. The second-order valence-electron chi connectivity index (χ2n) is 12.7. The third-order valence-corrected chi connectivity index (χ3v) is 23.9. The molecule has 1 radical (unpaired) electrons. The molecule has 1 aliphatic rings. The topological polar surface area (TPSA) is 80.3 Å². The summed E-state index contributed by atoms with van der Waals surface area (Å²) in [4.78, 5) is 23.5. The Bertz CT molecular complexity index is 725. The van der Waals surface area contributed by atoms with Crippen LogP contribution in [0, 0.1) is 5.92 Å². The van der Waals surface area contributed by atoms with E-state index in [1.807, 2.05) is 0 Å². The maximum absolute atomic E-state index is 12.0. The summed E-state index contributed by atoms with van der Waals surface area (Å²) < 4.78 is 32.1. The Hall–Kier alpha value is 1.86. The van der Waals surface area contributed by atoms with Crippen molar-refractivity contribution in [3.63, 3.8) is 0 Å². The smallest absolute Gasteiger partial charge is 0.317 e. The fourth-order valence-electron chi connectivity index (χ4n) is 4.91. The minimum atomic E-state index is -2.72. The molecule has 0 saturated carbocycles. The van der Waals surface area contributed by atoms with Gasteiger partial charge in [-0.15, -0.1) is 0 Å². The van der Waals surface area contributed by atoms with Crippen LogP contribution in [0.15, 0.2) is 0 Å². The van der Waals surface area contributed by atoms with E-state index >= 15 is 0 Å². The van der Waals surface area contributed by atoms with Gasteiger partial charge in [0.2, 0.25) is 0 Å². The summed E-state index contributed by atoms with van der Waals surface area (Å²) in [5.41, 5.74) is 0. The van der Waals surface area contributed by atoms with Crippen LogP contribution in [0.1, 0.15) is 104 Å². The summed E-state index contributed by atoms with van der Waals surface area (Å²) in [5.74, 6) is -1.16. The summed E-state index contributed by atoms with van der Waals surface area (Å²) in [7, 11) is -11.3. The zero-order chi connectivity index (χ0) is 27.1. The minimum Gasteiger partial charge on any atom is -0.437 e. The van der Waals surface area contributed by atoms with Crippen molar-refractivity contribution in [3.05, 3.63) is 0 Å². The maximum atomic E-state index is 12.0. The van der Waals surface area contributed by atoms with Crippen LogP contribution in [-0.2, 0) is 84.6 Å². The molecule has 0 aromatic carbocycles. The van der Waals surface area contributed by atoms with Crippen LogP contribution >= 0.6 is 0 Å². The van der Waals surface area contributed by atoms with Gasteiger partial charge in [0.1, 0.15) is 0 Å². The van der Waals surface area contributed by atoms with Crippen LogP contribution in [-0.4, -0.2) is 54.3 Å². The van der Waals surface area contributed by atoms with E-state index in [1.54, 1.807) is 0 Å². The van der Waals surface area contributed by atoms with Crippen molar-refractivity contribution < 1.29 is 84.6 Å². The molecule has 44 heavy (non-hydrogen) atoms. The number of carbonyl (C=O) groups excluding carboxylic acids is 2. The van der Waals surface area contributed by atoms with Gasteiger partial charge in [-0.3, -0.25) is 9.59 Å². The molecule has 1 saturated heterocycles. The number of hydrogen-bond acceptors (Lipinski definition) is 7. The monoisotopic (exact) mass is 965 g/mol. The molecule has 0 aliphatic carbocycles. The number of esters is 2. The van der Waals surface area contributed by atoms with Gasteiger partial charge in [0.15, 0.2) is 16.6 Å². The maximum Gasteiger partial charge on any atom is 0.317 e. The number of ether oxygens (including phenoxy) is 1. The van der Waals surface area contributed by atoms with E-state index in [9.17, 15) is 9.59 Å². The first kappa shape index (κ1) is 67.9. The largest absolute Gasteiger partial charge is 0.437 e. The summed E-state index contributed by atoms with van der Waals surface area (Å²) in [6.45, 7) is 24.1. The molecule has 1 fully saturated rings. The van der Waals surface area contributed by atoms with Crippen molar-refractivity contribution in [3.8, 4) is 0 Å². The van der Waals surface area contributed by atoms with E-state index in [0.29, 0.717) is 6.42 Å². The van der Waals surface area contributed by atoms with Crippen LogP contribution in [0.25, 0.3) is 0 Å². The molecule has 1 rings (SSSR count). The Balaban J connectivity index is -0.000000194. The normalized spacial score (nSPS) is 16.8. The van der Waals surface area contributed by atoms with Crippen molar-refractivity contribution >= 4 is 54.3 Å². The fraction of sp³-hybridized carbons (Fsp3) is 0.933. The van der Waals surface area contributed by atoms with Crippen molar-refractivity contribution in [1.29, 1.82) is 0 Å². The van der Waals surface area contributed by atoms with E-state index in [2.05, 4.69) is 72.4 Å². The molecule has 0 N–H and O–H groups in total. The number of rotatable bonds is 17. The molecule has 0 spiro atoms. The van der Waals surface area contributed by atoms with Crippen LogP contribution in [0.3, 0.4) is 0 Å². The Morgan fingerprint density at radius 3 is 1.45 bits per heavy atom. The van der Waals surface area contributed by atoms with Gasteiger partial charge in [0.25, 0.3) is 0 Å². The molecule has 3 atom stereocenters. The quantitative estimate of drug-likeness (QED) is 0.0622.